The zero-order valence-corrected chi connectivity index (χ0v) is 21.8. The second-order valence-electron chi connectivity index (χ2n) is 8.82. The van der Waals surface area contributed by atoms with E-state index in [1.165, 1.54) is 5.56 Å². The summed E-state index contributed by atoms with van der Waals surface area (Å²) in [5, 5.41) is 11.0. The van der Waals surface area contributed by atoms with Gasteiger partial charge in [-0.2, -0.15) is 5.10 Å². The fraction of sp³-hybridized carbons (Fsp3) is 0.200. The number of hydrogen-bond acceptors (Lipinski definition) is 6. The maximum Gasteiger partial charge on any atom is 0.261 e. The van der Waals surface area contributed by atoms with Crippen molar-refractivity contribution in [3.63, 3.8) is 0 Å². The fourth-order valence-electron chi connectivity index (χ4n) is 4.58. The van der Waals surface area contributed by atoms with Crippen LogP contribution in [0.25, 0.3) is 5.70 Å². The van der Waals surface area contributed by atoms with Crippen molar-refractivity contribution in [3.05, 3.63) is 101 Å². The summed E-state index contributed by atoms with van der Waals surface area (Å²) in [7, 11) is 4.80. The molecule has 38 heavy (non-hydrogen) atoms. The molecular weight excluding hydrogens is 480 g/mol. The van der Waals surface area contributed by atoms with Crippen LogP contribution in [0.15, 0.2) is 79.0 Å². The Kier molecular flexibility index (Phi) is 7.04. The quantitative estimate of drug-likeness (QED) is 0.313. The molecule has 3 aromatic carbocycles. The zero-order chi connectivity index (χ0) is 26.6. The fourth-order valence-corrected chi connectivity index (χ4v) is 4.58. The Morgan fingerprint density at radius 3 is 2.29 bits per heavy atom. The number of rotatable bonds is 8. The van der Waals surface area contributed by atoms with Gasteiger partial charge in [0.25, 0.3) is 5.91 Å². The Hall–Kier alpha value is -4.72. The first-order valence-corrected chi connectivity index (χ1v) is 12.4. The molecule has 8 heteroatoms. The van der Waals surface area contributed by atoms with E-state index in [2.05, 4.69) is 53.0 Å². The van der Waals surface area contributed by atoms with Crippen LogP contribution >= 0.6 is 0 Å². The standard InChI is InChI=1S/C30H30N4O4/c1-5-19-11-13-20(14-12-19)24-16-25(22-15-27(37-3)28(38-4)17-26(22)36-2)34-29(33-24)23(18-31-34)30(35)32-21-9-7-6-8-10-21/h6-18,25,33H,5H2,1-4H3,(H,32,35)/t25-/m1/s1. The van der Waals surface area contributed by atoms with Gasteiger partial charge >= 0.3 is 0 Å². The van der Waals surface area contributed by atoms with Crippen molar-refractivity contribution in [1.29, 1.82) is 0 Å². The molecule has 0 fully saturated rings. The van der Waals surface area contributed by atoms with Gasteiger partial charge in [-0.3, -0.25) is 4.79 Å². The first-order valence-electron chi connectivity index (χ1n) is 12.4. The number of methoxy groups -OCH3 is 3. The molecule has 0 bridgehead atoms. The third-order valence-corrected chi connectivity index (χ3v) is 6.64. The molecule has 1 aliphatic rings. The van der Waals surface area contributed by atoms with Gasteiger partial charge in [-0.1, -0.05) is 49.4 Å². The summed E-state index contributed by atoms with van der Waals surface area (Å²) >= 11 is 0. The number of allylic oxidation sites excluding steroid dienone is 1. The molecule has 4 aromatic rings. The summed E-state index contributed by atoms with van der Waals surface area (Å²) in [6, 6.07) is 21.0. The van der Waals surface area contributed by atoms with E-state index in [9.17, 15) is 4.79 Å². The maximum atomic E-state index is 13.3. The molecule has 194 valence electrons. The molecule has 0 unspecified atom stereocenters. The van der Waals surface area contributed by atoms with Crippen molar-refractivity contribution in [1.82, 2.24) is 9.78 Å². The molecule has 0 spiro atoms. The van der Waals surface area contributed by atoms with Gasteiger partial charge in [0.05, 0.1) is 27.5 Å². The van der Waals surface area contributed by atoms with Crippen LogP contribution in [0, 0.1) is 0 Å². The third kappa shape index (κ3) is 4.68. The highest BCUT2D eigenvalue weighted by molar-refractivity contribution is 6.08. The van der Waals surface area contributed by atoms with Gasteiger partial charge in [-0.25, -0.2) is 4.68 Å². The predicted octanol–water partition coefficient (Wildman–Crippen LogP) is 5.78. The number of nitrogens with one attached hydrogen (secondary N) is 2. The van der Waals surface area contributed by atoms with Gasteiger partial charge in [0.2, 0.25) is 0 Å². The minimum Gasteiger partial charge on any atom is -0.496 e. The number of nitrogens with zero attached hydrogens (tertiary/aromatic N) is 2. The lowest BCUT2D eigenvalue weighted by molar-refractivity contribution is 0.102. The number of anilines is 2. The Bertz CT molecular complexity index is 1480. The maximum absolute atomic E-state index is 13.3. The molecule has 1 aliphatic heterocycles. The number of ether oxygens (including phenoxy) is 3. The predicted molar refractivity (Wildman–Crippen MR) is 148 cm³/mol. The van der Waals surface area contributed by atoms with Crippen molar-refractivity contribution in [2.24, 2.45) is 0 Å². The number of para-hydroxylation sites is 1. The molecule has 0 saturated heterocycles. The Labute approximate surface area is 221 Å². The van der Waals surface area contributed by atoms with Crippen LogP contribution in [0.2, 0.25) is 0 Å². The van der Waals surface area contributed by atoms with E-state index in [1.807, 2.05) is 36.4 Å². The second kappa shape index (κ2) is 10.7. The normalized spacial score (nSPS) is 14.1. The summed E-state index contributed by atoms with van der Waals surface area (Å²) in [6.07, 6.45) is 4.61. The van der Waals surface area contributed by atoms with Crippen LogP contribution in [-0.4, -0.2) is 37.0 Å². The summed E-state index contributed by atoms with van der Waals surface area (Å²) in [5.41, 5.74) is 5.04. The molecule has 0 aliphatic carbocycles. The highest BCUT2D eigenvalue weighted by atomic mass is 16.5. The van der Waals surface area contributed by atoms with Crippen molar-refractivity contribution in [2.45, 2.75) is 19.4 Å². The Balaban J connectivity index is 1.63. The van der Waals surface area contributed by atoms with E-state index in [0.717, 1.165) is 23.2 Å². The molecule has 8 nitrogen and oxygen atoms in total. The lowest BCUT2D eigenvalue weighted by Crippen LogP contribution is -2.22. The molecule has 2 heterocycles. The molecule has 0 saturated carbocycles. The van der Waals surface area contributed by atoms with Crippen LogP contribution in [0.3, 0.4) is 0 Å². The monoisotopic (exact) mass is 510 g/mol. The third-order valence-electron chi connectivity index (χ3n) is 6.64. The summed E-state index contributed by atoms with van der Waals surface area (Å²) in [6.45, 7) is 2.13. The lowest BCUT2D eigenvalue weighted by atomic mass is 9.98. The van der Waals surface area contributed by atoms with Gasteiger partial charge in [0, 0.05) is 23.0 Å². The average molecular weight is 511 g/mol. The largest absolute Gasteiger partial charge is 0.496 e. The molecule has 0 radical (unpaired) electrons. The number of fused-ring (bicyclic) bond motifs is 1. The van der Waals surface area contributed by atoms with Gasteiger partial charge in [0.1, 0.15) is 23.2 Å². The highest BCUT2D eigenvalue weighted by Crippen LogP contribution is 2.43. The number of amides is 1. The van der Waals surface area contributed by atoms with Crippen molar-refractivity contribution in [3.8, 4) is 17.2 Å². The number of aromatic nitrogens is 2. The van der Waals surface area contributed by atoms with E-state index in [-0.39, 0.29) is 11.9 Å². The Morgan fingerprint density at radius 1 is 0.947 bits per heavy atom. The first kappa shape index (κ1) is 25.0. The van der Waals surface area contributed by atoms with Crippen LogP contribution in [0.5, 0.6) is 17.2 Å². The smallest absolute Gasteiger partial charge is 0.261 e. The number of hydrogen-bond donors (Lipinski definition) is 2. The van der Waals surface area contributed by atoms with Crippen molar-refractivity contribution >= 4 is 23.1 Å². The zero-order valence-electron chi connectivity index (χ0n) is 21.8. The Morgan fingerprint density at radius 2 is 1.63 bits per heavy atom. The topological polar surface area (TPSA) is 86.6 Å². The SMILES string of the molecule is CCc1ccc(C2=C[C@H](c3cc(OC)c(OC)cc3OC)n3ncc(C(=O)Nc4ccccc4)c3N2)cc1. The van der Waals surface area contributed by atoms with Crippen LogP contribution in [0.1, 0.15) is 40.0 Å². The van der Waals surface area contributed by atoms with E-state index in [0.29, 0.717) is 34.3 Å². The first-order chi connectivity index (χ1) is 18.6. The number of benzene rings is 3. The van der Waals surface area contributed by atoms with Gasteiger partial charge in [-0.05, 0) is 41.8 Å². The minimum atomic E-state index is -0.389. The average Bonchev–Trinajstić information content (AvgIpc) is 3.41. The van der Waals surface area contributed by atoms with E-state index < -0.39 is 0 Å². The number of carbonyl (C=O) groups excluding carboxylic acids is 1. The molecular formula is C30H30N4O4. The van der Waals surface area contributed by atoms with E-state index in [1.54, 1.807) is 38.3 Å². The number of aryl methyl sites for hydroxylation is 1. The van der Waals surface area contributed by atoms with Crippen molar-refractivity contribution < 1.29 is 19.0 Å². The van der Waals surface area contributed by atoms with Gasteiger partial charge in [0.15, 0.2) is 11.5 Å². The molecule has 2 N–H and O–H groups in total. The molecule has 1 atom stereocenters. The molecule has 1 amide bonds. The summed E-state index contributed by atoms with van der Waals surface area (Å²) in [5.74, 6) is 2.07. The van der Waals surface area contributed by atoms with E-state index in [4.69, 9.17) is 14.2 Å². The van der Waals surface area contributed by atoms with Gasteiger partial charge < -0.3 is 24.8 Å². The lowest BCUT2D eigenvalue weighted by Gasteiger charge is -2.28. The van der Waals surface area contributed by atoms with Crippen molar-refractivity contribution in [2.75, 3.05) is 32.0 Å². The minimum absolute atomic E-state index is 0.259. The molecule has 5 rings (SSSR count). The summed E-state index contributed by atoms with van der Waals surface area (Å²) < 4.78 is 18.6. The van der Waals surface area contributed by atoms with E-state index >= 15 is 0 Å². The van der Waals surface area contributed by atoms with Crippen LogP contribution in [-0.2, 0) is 6.42 Å². The highest BCUT2D eigenvalue weighted by Gasteiger charge is 2.30. The summed E-state index contributed by atoms with van der Waals surface area (Å²) in [4.78, 5) is 13.3. The molecule has 1 aromatic heterocycles. The van der Waals surface area contributed by atoms with Crippen LogP contribution < -0.4 is 24.8 Å². The number of carbonyl (C=O) groups is 1. The second-order valence-corrected chi connectivity index (χ2v) is 8.82. The van der Waals surface area contributed by atoms with Gasteiger partial charge in [-0.15, -0.1) is 0 Å². The van der Waals surface area contributed by atoms with Crippen LogP contribution in [0.4, 0.5) is 11.5 Å².